The average Bonchev–Trinajstić information content (AvgIpc) is 2.68. The molecule has 0 aliphatic heterocycles. The van der Waals surface area contributed by atoms with E-state index in [4.69, 9.17) is 4.74 Å². The van der Waals surface area contributed by atoms with Crippen LogP contribution in [0.15, 0.2) is 54.0 Å². The van der Waals surface area contributed by atoms with Crippen LogP contribution in [-0.2, 0) is 4.74 Å². The van der Waals surface area contributed by atoms with E-state index in [-0.39, 0.29) is 17.6 Å². The topological polar surface area (TPSA) is 58.6 Å². The van der Waals surface area contributed by atoms with E-state index in [1.165, 1.54) is 17.6 Å². The second-order valence-corrected chi connectivity index (χ2v) is 8.01. The molecule has 0 spiro atoms. The molecule has 2 aliphatic rings. The summed E-state index contributed by atoms with van der Waals surface area (Å²) in [5.41, 5.74) is 3.19. The summed E-state index contributed by atoms with van der Waals surface area (Å²) in [6.07, 6.45) is 9.67. The molecule has 2 aliphatic carbocycles. The minimum Gasteiger partial charge on any atom is -0.511 e. The van der Waals surface area contributed by atoms with Crippen molar-refractivity contribution >= 4 is 11.4 Å². The highest BCUT2D eigenvalue weighted by molar-refractivity contribution is 5.99. The van der Waals surface area contributed by atoms with Crippen LogP contribution in [0.2, 0.25) is 0 Å². The maximum atomic E-state index is 12.9. The molecule has 3 rings (SSSR count). The van der Waals surface area contributed by atoms with E-state index in [0.717, 1.165) is 19.4 Å². The normalized spacial score (nSPS) is 22.4. The smallest absolute Gasteiger partial charge is 0.173 e. The van der Waals surface area contributed by atoms with Gasteiger partial charge in [-0.3, -0.25) is 4.79 Å². The molecule has 0 amide bonds. The van der Waals surface area contributed by atoms with E-state index >= 15 is 0 Å². The van der Waals surface area contributed by atoms with Crippen molar-refractivity contribution in [3.63, 3.8) is 0 Å². The van der Waals surface area contributed by atoms with Crippen molar-refractivity contribution in [1.29, 1.82) is 0 Å². The molecule has 0 bridgehead atoms. The van der Waals surface area contributed by atoms with Gasteiger partial charge in [-0.2, -0.15) is 0 Å². The maximum absolute atomic E-state index is 12.9. The molecule has 4 heteroatoms. The van der Waals surface area contributed by atoms with Crippen LogP contribution in [0.3, 0.4) is 0 Å². The summed E-state index contributed by atoms with van der Waals surface area (Å²) >= 11 is 0. The van der Waals surface area contributed by atoms with Crippen molar-refractivity contribution in [2.45, 2.75) is 45.6 Å². The zero-order valence-corrected chi connectivity index (χ0v) is 17.1. The zero-order chi connectivity index (χ0) is 20.1. The molecule has 0 heterocycles. The SMILES string of the molecule is CNCC1CCC=C(c2ccc(C(=O)C3CC=C(OC(C)C)C=C3O)cc2)C1. The van der Waals surface area contributed by atoms with Gasteiger partial charge < -0.3 is 15.2 Å². The minimum atomic E-state index is -0.528. The monoisotopic (exact) mass is 381 g/mol. The summed E-state index contributed by atoms with van der Waals surface area (Å²) in [5.74, 6) is 0.805. The lowest BCUT2D eigenvalue weighted by Gasteiger charge is -2.23. The molecule has 0 saturated carbocycles. The third-order valence-electron chi connectivity index (χ3n) is 5.40. The number of carbonyl (C=O) groups is 1. The fraction of sp³-hybridized carbons (Fsp3) is 0.458. The average molecular weight is 382 g/mol. The van der Waals surface area contributed by atoms with Crippen LogP contribution < -0.4 is 5.32 Å². The Labute approximate surface area is 168 Å². The summed E-state index contributed by atoms with van der Waals surface area (Å²) in [6.45, 7) is 4.91. The molecule has 2 unspecified atom stereocenters. The first-order chi connectivity index (χ1) is 13.5. The minimum absolute atomic E-state index is 0.0388. The number of ketones is 1. The Balaban J connectivity index is 1.67. The van der Waals surface area contributed by atoms with Gasteiger partial charge >= 0.3 is 0 Å². The molecule has 1 aromatic carbocycles. The Morgan fingerprint density at radius 1 is 1.25 bits per heavy atom. The molecule has 2 N–H and O–H groups in total. The molecule has 0 aromatic heterocycles. The van der Waals surface area contributed by atoms with Crippen molar-refractivity contribution in [3.05, 3.63) is 65.1 Å². The van der Waals surface area contributed by atoms with Gasteiger partial charge in [0.05, 0.1) is 12.0 Å². The lowest BCUT2D eigenvalue weighted by molar-refractivity contribution is 0.0906. The summed E-state index contributed by atoms with van der Waals surface area (Å²) in [5, 5.41) is 13.6. The number of hydrogen-bond donors (Lipinski definition) is 2. The van der Waals surface area contributed by atoms with Crippen LogP contribution in [0.5, 0.6) is 0 Å². The third-order valence-corrected chi connectivity index (χ3v) is 5.40. The Morgan fingerprint density at radius 3 is 2.64 bits per heavy atom. The van der Waals surface area contributed by atoms with Crippen LogP contribution in [0.4, 0.5) is 0 Å². The Morgan fingerprint density at radius 2 is 2.00 bits per heavy atom. The van der Waals surface area contributed by atoms with E-state index in [1.54, 1.807) is 6.08 Å². The van der Waals surface area contributed by atoms with Crippen molar-refractivity contribution in [2.75, 3.05) is 13.6 Å². The molecule has 4 nitrogen and oxygen atoms in total. The highest BCUT2D eigenvalue weighted by Crippen LogP contribution is 2.32. The number of nitrogens with one attached hydrogen (secondary N) is 1. The van der Waals surface area contributed by atoms with Gasteiger partial charge in [0.15, 0.2) is 5.78 Å². The van der Waals surface area contributed by atoms with Gasteiger partial charge in [-0.25, -0.2) is 0 Å². The van der Waals surface area contributed by atoms with E-state index in [0.29, 0.717) is 23.7 Å². The molecular weight excluding hydrogens is 350 g/mol. The standard InChI is InChI=1S/C24H31NO3/c1-16(2)28-21-11-12-22(23(26)14-21)24(27)19-9-7-18(8-10-19)20-6-4-5-17(13-20)15-25-3/h6-11,14,16-17,22,25-26H,4-5,12-13,15H2,1-3H3. The number of carbonyl (C=O) groups excluding carboxylic acids is 1. The van der Waals surface area contributed by atoms with Gasteiger partial charge in [0.1, 0.15) is 11.5 Å². The fourth-order valence-corrected chi connectivity index (χ4v) is 3.99. The third kappa shape index (κ3) is 4.93. The molecule has 0 fully saturated rings. The van der Waals surface area contributed by atoms with Gasteiger partial charge in [0.25, 0.3) is 0 Å². The largest absolute Gasteiger partial charge is 0.511 e. The first kappa shape index (κ1) is 20.4. The highest BCUT2D eigenvalue weighted by Gasteiger charge is 2.27. The second kappa shape index (κ2) is 9.24. The van der Waals surface area contributed by atoms with Crippen LogP contribution in [0, 0.1) is 11.8 Å². The molecular formula is C24H31NO3. The van der Waals surface area contributed by atoms with E-state index in [9.17, 15) is 9.90 Å². The summed E-state index contributed by atoms with van der Waals surface area (Å²) in [4.78, 5) is 12.9. The van der Waals surface area contributed by atoms with Gasteiger partial charge in [0, 0.05) is 11.6 Å². The molecule has 0 radical (unpaired) electrons. The highest BCUT2D eigenvalue weighted by atomic mass is 16.5. The molecule has 0 saturated heterocycles. The summed E-state index contributed by atoms with van der Waals surface area (Å²) in [6, 6.07) is 7.84. The van der Waals surface area contributed by atoms with Crippen molar-refractivity contribution < 1.29 is 14.6 Å². The number of allylic oxidation sites excluding steroid dienone is 5. The molecule has 28 heavy (non-hydrogen) atoms. The summed E-state index contributed by atoms with van der Waals surface area (Å²) in [7, 11) is 2.00. The molecule has 2 atom stereocenters. The Hall–Kier alpha value is -2.33. The fourth-order valence-electron chi connectivity index (χ4n) is 3.99. The lowest BCUT2D eigenvalue weighted by atomic mass is 9.84. The van der Waals surface area contributed by atoms with Gasteiger partial charge in [0.2, 0.25) is 0 Å². The van der Waals surface area contributed by atoms with Crippen LogP contribution in [0.1, 0.15) is 55.5 Å². The number of Topliss-reactive ketones (excluding diaryl/α,β-unsaturated/α-hetero) is 1. The van der Waals surface area contributed by atoms with E-state index in [1.807, 2.05) is 51.2 Å². The van der Waals surface area contributed by atoms with Crippen LogP contribution >= 0.6 is 0 Å². The van der Waals surface area contributed by atoms with Gasteiger partial charge in [-0.1, -0.05) is 30.3 Å². The van der Waals surface area contributed by atoms with Crippen molar-refractivity contribution in [2.24, 2.45) is 11.8 Å². The van der Waals surface area contributed by atoms with Crippen molar-refractivity contribution in [1.82, 2.24) is 5.32 Å². The Bertz CT molecular complexity index is 787. The first-order valence-corrected chi connectivity index (χ1v) is 10.2. The number of hydrogen-bond acceptors (Lipinski definition) is 4. The van der Waals surface area contributed by atoms with Crippen molar-refractivity contribution in [3.8, 4) is 0 Å². The van der Waals surface area contributed by atoms with Crippen LogP contribution in [0.25, 0.3) is 5.57 Å². The second-order valence-electron chi connectivity index (χ2n) is 8.01. The summed E-state index contributed by atoms with van der Waals surface area (Å²) < 4.78 is 5.61. The van der Waals surface area contributed by atoms with Gasteiger partial charge in [-0.05, 0) is 76.3 Å². The Kier molecular flexibility index (Phi) is 6.74. The number of ether oxygens (including phenoxy) is 1. The maximum Gasteiger partial charge on any atom is 0.173 e. The number of rotatable bonds is 7. The zero-order valence-electron chi connectivity index (χ0n) is 17.1. The van der Waals surface area contributed by atoms with E-state index in [2.05, 4.69) is 11.4 Å². The van der Waals surface area contributed by atoms with E-state index < -0.39 is 5.92 Å². The first-order valence-electron chi connectivity index (χ1n) is 10.2. The molecule has 150 valence electrons. The predicted octanol–water partition coefficient (Wildman–Crippen LogP) is 5.04. The number of aliphatic hydroxyl groups excluding tert-OH is 1. The predicted molar refractivity (Wildman–Crippen MR) is 113 cm³/mol. The number of aliphatic hydroxyl groups is 1. The number of benzene rings is 1. The van der Waals surface area contributed by atoms with Gasteiger partial charge in [-0.15, -0.1) is 0 Å². The lowest BCUT2D eigenvalue weighted by Crippen LogP contribution is -2.21. The van der Waals surface area contributed by atoms with Crippen LogP contribution in [-0.4, -0.2) is 30.6 Å². The quantitative estimate of drug-likeness (QED) is 0.650. The molecule has 1 aromatic rings.